The van der Waals surface area contributed by atoms with Crippen molar-refractivity contribution in [3.8, 4) is 5.69 Å². The molecule has 0 aliphatic heterocycles. The number of nitrogens with zero attached hydrogens (tertiary/aromatic N) is 3. The number of benzene rings is 1. The summed E-state index contributed by atoms with van der Waals surface area (Å²) in [5.74, 6) is 0.396. The first-order valence-corrected chi connectivity index (χ1v) is 7.36. The Labute approximate surface area is 126 Å². The van der Waals surface area contributed by atoms with E-state index in [1.54, 1.807) is 10.2 Å². The van der Waals surface area contributed by atoms with Crippen LogP contribution in [0.15, 0.2) is 42.0 Å². The number of hydrogen-bond acceptors (Lipinski definition) is 4. The topological polar surface area (TPSA) is 59.8 Å². The van der Waals surface area contributed by atoms with Crippen LogP contribution >= 0.6 is 11.3 Å². The van der Waals surface area contributed by atoms with Gasteiger partial charge in [0.25, 0.3) is 5.91 Å². The number of aromatic nitrogens is 3. The maximum absolute atomic E-state index is 12.2. The summed E-state index contributed by atoms with van der Waals surface area (Å²) in [7, 11) is 0. The van der Waals surface area contributed by atoms with E-state index in [-0.39, 0.29) is 5.91 Å². The van der Waals surface area contributed by atoms with Gasteiger partial charge in [0.1, 0.15) is 4.88 Å². The fourth-order valence-electron chi connectivity index (χ4n) is 1.98. The van der Waals surface area contributed by atoms with Crippen LogP contribution in [0.2, 0.25) is 0 Å². The molecule has 2 aromatic heterocycles. The molecule has 0 unspecified atom stereocenters. The van der Waals surface area contributed by atoms with Crippen molar-refractivity contribution < 1.29 is 4.79 Å². The minimum Gasteiger partial charge on any atom is -0.304 e. The van der Waals surface area contributed by atoms with Crippen LogP contribution in [0.5, 0.6) is 0 Å². The van der Waals surface area contributed by atoms with Gasteiger partial charge >= 0.3 is 0 Å². The van der Waals surface area contributed by atoms with Gasteiger partial charge in [-0.3, -0.25) is 4.79 Å². The standard InChI is InChI=1S/C15H14N4OS/c1-10-8-19(12-6-4-3-5-7-12)18-14(10)17-15(20)13-11(2)16-9-21-13/h3-9H,1-2H3,(H,17,18,20). The third-order valence-electron chi connectivity index (χ3n) is 3.10. The molecule has 0 spiro atoms. The molecule has 1 aromatic carbocycles. The second kappa shape index (κ2) is 5.49. The van der Waals surface area contributed by atoms with Crippen molar-refractivity contribution in [3.63, 3.8) is 0 Å². The van der Waals surface area contributed by atoms with E-state index in [0.29, 0.717) is 10.7 Å². The van der Waals surface area contributed by atoms with Gasteiger partial charge in [0.2, 0.25) is 0 Å². The predicted molar refractivity (Wildman–Crippen MR) is 83.1 cm³/mol. The summed E-state index contributed by atoms with van der Waals surface area (Å²) in [5.41, 5.74) is 4.27. The van der Waals surface area contributed by atoms with Crippen molar-refractivity contribution in [2.24, 2.45) is 0 Å². The lowest BCUT2D eigenvalue weighted by Gasteiger charge is -2.02. The summed E-state index contributed by atoms with van der Waals surface area (Å²) in [6.45, 7) is 3.74. The quantitative estimate of drug-likeness (QED) is 0.807. The van der Waals surface area contributed by atoms with Crippen LogP contribution in [0.1, 0.15) is 20.9 Å². The highest BCUT2D eigenvalue weighted by Gasteiger charge is 2.15. The fraction of sp³-hybridized carbons (Fsp3) is 0.133. The fourth-order valence-corrected chi connectivity index (χ4v) is 2.68. The van der Waals surface area contributed by atoms with E-state index in [2.05, 4.69) is 15.4 Å². The Bertz CT molecular complexity index is 776. The molecule has 0 saturated carbocycles. The van der Waals surface area contributed by atoms with E-state index in [4.69, 9.17) is 0 Å². The molecule has 21 heavy (non-hydrogen) atoms. The van der Waals surface area contributed by atoms with Gasteiger partial charge in [-0.2, -0.15) is 0 Å². The first kappa shape index (κ1) is 13.5. The molecule has 3 aromatic rings. The van der Waals surface area contributed by atoms with Crippen molar-refractivity contribution in [3.05, 3.63) is 58.2 Å². The molecule has 6 heteroatoms. The van der Waals surface area contributed by atoms with Crippen molar-refractivity contribution >= 4 is 23.1 Å². The van der Waals surface area contributed by atoms with Gasteiger partial charge in [-0.05, 0) is 26.0 Å². The van der Waals surface area contributed by atoms with Crippen LogP contribution in [0.25, 0.3) is 5.69 Å². The summed E-state index contributed by atoms with van der Waals surface area (Å²) < 4.78 is 1.75. The number of carbonyl (C=O) groups excluding carboxylic acids is 1. The average Bonchev–Trinajstić information content (AvgIpc) is 3.07. The van der Waals surface area contributed by atoms with Crippen LogP contribution in [0, 0.1) is 13.8 Å². The highest BCUT2D eigenvalue weighted by atomic mass is 32.1. The average molecular weight is 298 g/mol. The lowest BCUT2D eigenvalue weighted by molar-refractivity contribution is 0.102. The lowest BCUT2D eigenvalue weighted by atomic mass is 10.3. The Balaban J connectivity index is 1.86. The number of aryl methyl sites for hydroxylation is 2. The molecule has 1 amide bonds. The van der Waals surface area contributed by atoms with Crippen LogP contribution in [-0.4, -0.2) is 20.7 Å². The first-order chi connectivity index (χ1) is 10.1. The van der Waals surface area contributed by atoms with Crippen molar-refractivity contribution in [2.75, 3.05) is 5.32 Å². The molecule has 0 radical (unpaired) electrons. The van der Waals surface area contributed by atoms with Gasteiger partial charge in [0.15, 0.2) is 5.82 Å². The molecule has 1 N–H and O–H groups in total. The van der Waals surface area contributed by atoms with Gasteiger partial charge in [0.05, 0.1) is 16.9 Å². The summed E-state index contributed by atoms with van der Waals surface area (Å²) in [4.78, 5) is 16.9. The van der Waals surface area contributed by atoms with Gasteiger partial charge in [-0.25, -0.2) is 9.67 Å². The molecule has 0 aliphatic rings. The third kappa shape index (κ3) is 2.71. The Morgan fingerprint density at radius 1 is 1.24 bits per heavy atom. The molecular formula is C15H14N4OS. The Morgan fingerprint density at radius 2 is 2.00 bits per heavy atom. The van der Waals surface area contributed by atoms with Gasteiger partial charge < -0.3 is 5.32 Å². The molecule has 0 aliphatic carbocycles. The zero-order chi connectivity index (χ0) is 14.8. The smallest absolute Gasteiger partial charge is 0.268 e. The van der Waals surface area contributed by atoms with Crippen molar-refractivity contribution in [1.29, 1.82) is 0 Å². The molecule has 3 rings (SSSR count). The van der Waals surface area contributed by atoms with E-state index < -0.39 is 0 Å². The Morgan fingerprint density at radius 3 is 2.67 bits per heavy atom. The van der Waals surface area contributed by atoms with Crippen LogP contribution in [0.4, 0.5) is 5.82 Å². The maximum atomic E-state index is 12.2. The summed E-state index contributed by atoms with van der Waals surface area (Å²) >= 11 is 1.33. The van der Waals surface area contributed by atoms with Crippen LogP contribution in [0.3, 0.4) is 0 Å². The highest BCUT2D eigenvalue weighted by Crippen LogP contribution is 2.18. The number of para-hydroxylation sites is 1. The molecule has 2 heterocycles. The molecule has 0 atom stereocenters. The number of anilines is 1. The largest absolute Gasteiger partial charge is 0.304 e. The minimum absolute atomic E-state index is 0.170. The van der Waals surface area contributed by atoms with E-state index >= 15 is 0 Å². The summed E-state index contributed by atoms with van der Waals surface area (Å²) in [5, 5.41) is 7.27. The lowest BCUT2D eigenvalue weighted by Crippen LogP contribution is -2.13. The molecule has 0 bridgehead atoms. The number of hydrogen-bond donors (Lipinski definition) is 1. The van der Waals surface area contributed by atoms with E-state index in [0.717, 1.165) is 16.9 Å². The van der Waals surface area contributed by atoms with Gasteiger partial charge in [0, 0.05) is 11.8 Å². The van der Waals surface area contributed by atoms with Crippen molar-refractivity contribution in [1.82, 2.24) is 14.8 Å². The van der Waals surface area contributed by atoms with Crippen molar-refractivity contribution in [2.45, 2.75) is 13.8 Å². The van der Waals surface area contributed by atoms with E-state index in [1.165, 1.54) is 11.3 Å². The number of thiazole rings is 1. The number of amides is 1. The molecule has 5 nitrogen and oxygen atoms in total. The number of carbonyl (C=O) groups is 1. The second-order valence-corrected chi connectivity index (χ2v) is 5.52. The Kier molecular flexibility index (Phi) is 3.53. The summed E-state index contributed by atoms with van der Waals surface area (Å²) in [6.07, 6.45) is 1.89. The number of nitrogens with one attached hydrogen (secondary N) is 1. The number of rotatable bonds is 3. The van der Waals surface area contributed by atoms with E-state index in [1.807, 2.05) is 50.4 Å². The van der Waals surface area contributed by atoms with E-state index in [9.17, 15) is 4.79 Å². The molecular weight excluding hydrogens is 284 g/mol. The Hall–Kier alpha value is -2.47. The predicted octanol–water partition coefficient (Wildman–Crippen LogP) is 3.20. The minimum atomic E-state index is -0.170. The summed E-state index contributed by atoms with van der Waals surface area (Å²) in [6, 6.07) is 9.78. The molecule has 106 valence electrons. The zero-order valence-corrected chi connectivity index (χ0v) is 12.5. The third-order valence-corrected chi connectivity index (χ3v) is 4.03. The van der Waals surface area contributed by atoms with Gasteiger partial charge in [-0.15, -0.1) is 16.4 Å². The molecule has 0 fully saturated rings. The van der Waals surface area contributed by atoms with Crippen LogP contribution in [-0.2, 0) is 0 Å². The van der Waals surface area contributed by atoms with Gasteiger partial charge in [-0.1, -0.05) is 18.2 Å². The monoisotopic (exact) mass is 298 g/mol. The molecule has 0 saturated heterocycles. The first-order valence-electron chi connectivity index (χ1n) is 6.48. The zero-order valence-electron chi connectivity index (χ0n) is 11.7. The van der Waals surface area contributed by atoms with Crippen LogP contribution < -0.4 is 5.32 Å². The SMILES string of the molecule is Cc1cn(-c2ccccc2)nc1NC(=O)c1scnc1C. The highest BCUT2D eigenvalue weighted by molar-refractivity contribution is 7.12. The second-order valence-electron chi connectivity index (χ2n) is 4.66. The maximum Gasteiger partial charge on any atom is 0.268 e. The normalized spacial score (nSPS) is 10.6.